The third-order valence-corrected chi connectivity index (χ3v) is 2.44. The maximum Gasteiger partial charge on any atom is 0.166 e. The van der Waals surface area contributed by atoms with Crippen molar-refractivity contribution in [1.29, 1.82) is 0 Å². The van der Waals surface area contributed by atoms with Gasteiger partial charge < -0.3 is 10.1 Å². The molecule has 0 aliphatic carbocycles. The highest BCUT2D eigenvalue weighted by molar-refractivity contribution is 6.30. The van der Waals surface area contributed by atoms with Gasteiger partial charge in [0, 0.05) is 11.6 Å². The smallest absolute Gasteiger partial charge is 0.166 e. The van der Waals surface area contributed by atoms with Gasteiger partial charge in [-0.3, -0.25) is 0 Å². The van der Waals surface area contributed by atoms with Gasteiger partial charge in [-0.15, -0.1) is 12.4 Å². The highest BCUT2D eigenvalue weighted by atomic mass is 35.5. The molecule has 0 saturated carbocycles. The molecule has 0 spiro atoms. The van der Waals surface area contributed by atoms with Crippen LogP contribution in [0, 0.1) is 5.82 Å². The molecule has 1 aromatic rings. The third kappa shape index (κ3) is 3.23. The topological polar surface area (TPSA) is 21.3 Å². The summed E-state index contributed by atoms with van der Waals surface area (Å²) in [7, 11) is 0. The molecule has 0 amide bonds. The average molecular weight is 252 g/mol. The molecule has 1 atom stereocenters. The Bertz CT molecular complexity index is 329. The van der Waals surface area contributed by atoms with Gasteiger partial charge in [-0.05, 0) is 31.2 Å². The van der Waals surface area contributed by atoms with Gasteiger partial charge in [0.05, 0.1) is 0 Å². The highest BCUT2D eigenvalue weighted by Gasteiger charge is 2.17. The molecule has 2 nitrogen and oxygen atoms in total. The number of hydrogen-bond donors (Lipinski definition) is 1. The molecule has 1 fully saturated rings. The molecule has 1 heterocycles. The van der Waals surface area contributed by atoms with Crippen LogP contribution in [0.1, 0.15) is 6.42 Å². The van der Waals surface area contributed by atoms with Gasteiger partial charge in [0.15, 0.2) is 11.6 Å². The summed E-state index contributed by atoms with van der Waals surface area (Å²) < 4.78 is 18.7. The molecule has 15 heavy (non-hydrogen) atoms. The van der Waals surface area contributed by atoms with Gasteiger partial charge in [-0.2, -0.15) is 0 Å². The fourth-order valence-corrected chi connectivity index (χ4v) is 1.64. The zero-order valence-electron chi connectivity index (χ0n) is 8.00. The van der Waals surface area contributed by atoms with E-state index in [-0.39, 0.29) is 24.3 Å². The van der Waals surface area contributed by atoms with E-state index in [1.807, 2.05) is 0 Å². The Morgan fingerprint density at radius 1 is 1.47 bits per heavy atom. The predicted molar refractivity (Wildman–Crippen MR) is 60.6 cm³/mol. The summed E-state index contributed by atoms with van der Waals surface area (Å²) in [6, 6.07) is 4.46. The van der Waals surface area contributed by atoms with Crippen molar-refractivity contribution in [1.82, 2.24) is 5.32 Å². The SMILES string of the molecule is Cl.Fc1cc(Cl)ccc1OC1CCNC1. The minimum absolute atomic E-state index is 0. The van der Waals surface area contributed by atoms with Gasteiger partial charge in [0.1, 0.15) is 6.10 Å². The summed E-state index contributed by atoms with van der Waals surface area (Å²) in [5.41, 5.74) is 0. The number of rotatable bonds is 2. The van der Waals surface area contributed by atoms with Crippen molar-refractivity contribution in [2.45, 2.75) is 12.5 Å². The zero-order chi connectivity index (χ0) is 9.97. The summed E-state index contributed by atoms with van der Waals surface area (Å²) in [5, 5.41) is 3.54. The summed E-state index contributed by atoms with van der Waals surface area (Å²) in [6.07, 6.45) is 0.993. The van der Waals surface area contributed by atoms with Crippen LogP contribution in [0.25, 0.3) is 0 Å². The van der Waals surface area contributed by atoms with Crippen LogP contribution in [0.4, 0.5) is 4.39 Å². The lowest BCUT2D eigenvalue weighted by Crippen LogP contribution is -2.20. The van der Waals surface area contributed by atoms with E-state index < -0.39 is 5.82 Å². The highest BCUT2D eigenvalue weighted by Crippen LogP contribution is 2.22. The monoisotopic (exact) mass is 251 g/mol. The van der Waals surface area contributed by atoms with Crippen LogP contribution in [0.2, 0.25) is 5.02 Å². The molecule has 0 aromatic heterocycles. The van der Waals surface area contributed by atoms with Crippen molar-refractivity contribution < 1.29 is 9.13 Å². The lowest BCUT2D eigenvalue weighted by atomic mass is 10.3. The fourth-order valence-electron chi connectivity index (χ4n) is 1.48. The molecule has 84 valence electrons. The quantitative estimate of drug-likeness (QED) is 0.873. The Balaban J connectivity index is 0.00000112. The normalized spacial score (nSPS) is 19.7. The summed E-state index contributed by atoms with van der Waals surface area (Å²) >= 11 is 5.63. The molecule has 1 aliphatic heterocycles. The van der Waals surface area contributed by atoms with Crippen molar-refractivity contribution in [3.8, 4) is 5.75 Å². The molecule has 1 aliphatic rings. The standard InChI is InChI=1S/C10H11ClFNO.ClH/c11-7-1-2-10(9(12)5-7)14-8-3-4-13-6-8;/h1-2,5,8,13H,3-4,6H2;1H. The molecule has 1 unspecified atom stereocenters. The van der Waals surface area contributed by atoms with Gasteiger partial charge >= 0.3 is 0 Å². The average Bonchev–Trinajstić information content (AvgIpc) is 2.62. The fraction of sp³-hybridized carbons (Fsp3) is 0.400. The molecule has 0 bridgehead atoms. The molecule has 2 rings (SSSR count). The van der Waals surface area contributed by atoms with Crippen LogP contribution in [-0.4, -0.2) is 19.2 Å². The maximum absolute atomic E-state index is 13.3. The zero-order valence-corrected chi connectivity index (χ0v) is 9.58. The largest absolute Gasteiger partial charge is 0.486 e. The van der Waals surface area contributed by atoms with E-state index in [1.54, 1.807) is 12.1 Å². The van der Waals surface area contributed by atoms with Gasteiger partial charge in [0.25, 0.3) is 0 Å². The molecule has 5 heteroatoms. The minimum atomic E-state index is -0.399. The van der Waals surface area contributed by atoms with Crippen molar-refractivity contribution in [2.24, 2.45) is 0 Å². The summed E-state index contributed by atoms with van der Waals surface area (Å²) in [6.45, 7) is 1.71. The second-order valence-corrected chi connectivity index (χ2v) is 3.74. The van der Waals surface area contributed by atoms with Crippen LogP contribution in [-0.2, 0) is 0 Å². The molecule has 1 saturated heterocycles. The third-order valence-electron chi connectivity index (χ3n) is 2.20. The number of benzene rings is 1. The first kappa shape index (κ1) is 12.6. The summed E-state index contributed by atoms with van der Waals surface area (Å²) in [5.74, 6) is -0.118. The Kier molecular flexibility index (Phi) is 4.64. The van der Waals surface area contributed by atoms with Gasteiger partial charge in [-0.25, -0.2) is 4.39 Å². The van der Waals surface area contributed by atoms with Crippen LogP contribution in [0.15, 0.2) is 18.2 Å². The molecular weight excluding hydrogens is 240 g/mol. The van der Waals surface area contributed by atoms with Crippen molar-refractivity contribution >= 4 is 24.0 Å². The second kappa shape index (κ2) is 5.54. The molecular formula is C10H12Cl2FNO. The number of hydrogen-bond acceptors (Lipinski definition) is 2. The van der Waals surface area contributed by atoms with Crippen LogP contribution in [0.3, 0.4) is 0 Å². The predicted octanol–water partition coefficient (Wildman–Crippen LogP) is 2.64. The first-order valence-corrected chi connectivity index (χ1v) is 4.96. The Labute approximate surface area is 99.2 Å². The molecule has 1 aromatic carbocycles. The van der Waals surface area contributed by atoms with Crippen LogP contribution >= 0.6 is 24.0 Å². The first-order chi connectivity index (χ1) is 6.75. The lowest BCUT2D eigenvalue weighted by molar-refractivity contribution is 0.213. The van der Waals surface area contributed by atoms with E-state index >= 15 is 0 Å². The van der Waals surface area contributed by atoms with Crippen molar-refractivity contribution in [3.05, 3.63) is 29.0 Å². The molecule has 0 radical (unpaired) electrons. The minimum Gasteiger partial charge on any atom is -0.486 e. The van der Waals surface area contributed by atoms with E-state index in [1.165, 1.54) is 6.07 Å². The Hall–Kier alpha value is -0.510. The van der Waals surface area contributed by atoms with E-state index in [0.29, 0.717) is 5.02 Å². The van der Waals surface area contributed by atoms with Crippen LogP contribution < -0.4 is 10.1 Å². The Morgan fingerprint density at radius 3 is 2.87 bits per heavy atom. The van der Waals surface area contributed by atoms with Gasteiger partial charge in [0.2, 0.25) is 0 Å². The summed E-state index contributed by atoms with van der Waals surface area (Å²) in [4.78, 5) is 0. The number of ether oxygens (including phenoxy) is 1. The second-order valence-electron chi connectivity index (χ2n) is 3.31. The van der Waals surface area contributed by atoms with E-state index in [4.69, 9.17) is 16.3 Å². The van der Waals surface area contributed by atoms with Gasteiger partial charge in [-0.1, -0.05) is 11.6 Å². The van der Waals surface area contributed by atoms with E-state index in [0.717, 1.165) is 19.5 Å². The van der Waals surface area contributed by atoms with Crippen LogP contribution in [0.5, 0.6) is 5.75 Å². The molecule has 1 N–H and O–H groups in total. The Morgan fingerprint density at radius 2 is 2.27 bits per heavy atom. The van der Waals surface area contributed by atoms with E-state index in [9.17, 15) is 4.39 Å². The number of nitrogens with one attached hydrogen (secondary N) is 1. The number of halogens is 3. The lowest BCUT2D eigenvalue weighted by Gasteiger charge is -2.12. The van der Waals surface area contributed by atoms with E-state index in [2.05, 4.69) is 5.32 Å². The van der Waals surface area contributed by atoms with Crippen molar-refractivity contribution in [3.63, 3.8) is 0 Å². The maximum atomic E-state index is 13.3. The first-order valence-electron chi connectivity index (χ1n) is 4.58. The van der Waals surface area contributed by atoms with Crippen molar-refractivity contribution in [2.75, 3.05) is 13.1 Å².